The molecule has 1 aliphatic rings. The fourth-order valence-electron chi connectivity index (χ4n) is 2.27. The molecule has 1 heterocycles. The molecule has 0 saturated carbocycles. The van der Waals surface area contributed by atoms with Gasteiger partial charge in [-0.25, -0.2) is 0 Å². The number of nitrogens with zero attached hydrogens (tertiary/aromatic N) is 1. The Labute approximate surface area is 102 Å². The first-order valence-electron chi connectivity index (χ1n) is 6.04. The third-order valence-electron chi connectivity index (χ3n) is 3.46. The number of ether oxygens (including phenoxy) is 1. The molecule has 0 amide bonds. The molecule has 1 aliphatic heterocycles. The van der Waals surface area contributed by atoms with Gasteiger partial charge in [0.15, 0.2) is 0 Å². The largest absolute Gasteiger partial charge is 0.497 e. The molecule has 92 valence electrons. The van der Waals surface area contributed by atoms with Crippen LogP contribution in [0.25, 0.3) is 0 Å². The Hall–Kier alpha value is -1.35. The van der Waals surface area contributed by atoms with Crippen LogP contribution in [0.1, 0.15) is 18.4 Å². The van der Waals surface area contributed by atoms with Gasteiger partial charge >= 0.3 is 0 Å². The first kappa shape index (κ1) is 12.1. The molecule has 0 bridgehead atoms. The number of hydrogen-bond donors (Lipinski definition) is 0. The highest BCUT2D eigenvalue weighted by Gasteiger charge is 2.24. The van der Waals surface area contributed by atoms with Crippen LogP contribution in [0.2, 0.25) is 0 Å². The van der Waals surface area contributed by atoms with Crippen molar-refractivity contribution in [1.29, 1.82) is 0 Å². The van der Waals surface area contributed by atoms with Crippen LogP contribution in [0.5, 0.6) is 5.75 Å². The smallest absolute Gasteiger partial charge is 0.135 e. The summed E-state index contributed by atoms with van der Waals surface area (Å²) in [5.41, 5.74) is 1.26. The van der Waals surface area contributed by atoms with Gasteiger partial charge in [-0.1, -0.05) is 12.1 Å². The Morgan fingerprint density at radius 1 is 1.35 bits per heavy atom. The van der Waals surface area contributed by atoms with E-state index in [1.54, 1.807) is 7.11 Å². The minimum absolute atomic E-state index is 0.352. The lowest BCUT2D eigenvalue weighted by atomic mass is 9.95. The Balaban J connectivity index is 2.01. The molecule has 1 aromatic rings. The van der Waals surface area contributed by atoms with E-state index in [9.17, 15) is 4.79 Å². The number of ketones is 1. The molecular weight excluding hydrogens is 214 g/mol. The number of carbonyl (C=O) groups is 1. The summed E-state index contributed by atoms with van der Waals surface area (Å²) >= 11 is 0. The molecule has 17 heavy (non-hydrogen) atoms. The summed E-state index contributed by atoms with van der Waals surface area (Å²) in [4.78, 5) is 13.7. The van der Waals surface area contributed by atoms with E-state index in [1.807, 2.05) is 12.1 Å². The monoisotopic (exact) mass is 233 g/mol. The van der Waals surface area contributed by atoms with Crippen molar-refractivity contribution in [3.8, 4) is 5.75 Å². The molecule has 3 nitrogen and oxygen atoms in total. The highest BCUT2D eigenvalue weighted by molar-refractivity contribution is 5.80. The number of likely N-dealkylation sites (N-methyl/N-ethyl adjacent to an activating group) is 1. The number of rotatable bonds is 3. The molecule has 1 atom stereocenters. The van der Waals surface area contributed by atoms with Crippen molar-refractivity contribution in [3.05, 3.63) is 29.8 Å². The quantitative estimate of drug-likeness (QED) is 0.798. The van der Waals surface area contributed by atoms with Crippen LogP contribution in [0.3, 0.4) is 0 Å². The number of hydrogen-bond acceptors (Lipinski definition) is 3. The van der Waals surface area contributed by atoms with E-state index in [-0.39, 0.29) is 0 Å². The topological polar surface area (TPSA) is 29.5 Å². The zero-order chi connectivity index (χ0) is 12.3. The van der Waals surface area contributed by atoms with Gasteiger partial charge in [0, 0.05) is 25.4 Å². The van der Waals surface area contributed by atoms with Gasteiger partial charge in [0.05, 0.1) is 7.11 Å². The zero-order valence-corrected chi connectivity index (χ0v) is 10.5. The molecule has 1 aromatic carbocycles. The molecule has 1 saturated heterocycles. The number of benzene rings is 1. The van der Waals surface area contributed by atoms with Crippen LogP contribution in [-0.2, 0) is 11.2 Å². The highest BCUT2D eigenvalue weighted by Crippen LogP contribution is 2.19. The number of piperidine rings is 1. The fourth-order valence-corrected chi connectivity index (χ4v) is 2.27. The Kier molecular flexibility index (Phi) is 3.79. The number of Topliss-reactive ketones (excluding diaryl/α,β-unsaturated/α-hetero) is 1. The molecule has 0 spiro atoms. The van der Waals surface area contributed by atoms with Crippen molar-refractivity contribution in [2.45, 2.75) is 25.3 Å². The third-order valence-corrected chi connectivity index (χ3v) is 3.46. The standard InChI is InChI=1S/C14H19NO2/c1-15-8-7-13(16)10-12(15)9-11-3-5-14(17-2)6-4-11/h3-6,12H,7-10H2,1-2H3/t12-/m0/s1. The minimum atomic E-state index is 0.352. The van der Waals surface area contributed by atoms with Gasteiger partial charge in [0.25, 0.3) is 0 Å². The molecule has 2 rings (SSSR count). The van der Waals surface area contributed by atoms with Crippen LogP contribution in [0.4, 0.5) is 0 Å². The SMILES string of the molecule is COc1ccc(C[C@H]2CC(=O)CCN2C)cc1. The minimum Gasteiger partial charge on any atom is -0.497 e. The molecular formula is C14H19NO2. The van der Waals surface area contributed by atoms with Crippen LogP contribution in [-0.4, -0.2) is 37.4 Å². The predicted octanol–water partition coefficient (Wildman–Crippen LogP) is 1.90. The Bertz CT molecular complexity index is 386. The summed E-state index contributed by atoms with van der Waals surface area (Å²) in [5.74, 6) is 1.27. The van der Waals surface area contributed by atoms with Crippen LogP contribution in [0, 0.1) is 0 Å². The lowest BCUT2D eigenvalue weighted by Crippen LogP contribution is -2.41. The van der Waals surface area contributed by atoms with Crippen LogP contribution >= 0.6 is 0 Å². The van der Waals surface area contributed by atoms with Crippen molar-refractivity contribution in [1.82, 2.24) is 4.90 Å². The van der Waals surface area contributed by atoms with E-state index < -0.39 is 0 Å². The van der Waals surface area contributed by atoms with Gasteiger partial charge in [-0.2, -0.15) is 0 Å². The summed E-state index contributed by atoms with van der Waals surface area (Å²) < 4.78 is 5.13. The first-order valence-corrected chi connectivity index (χ1v) is 6.04. The van der Waals surface area contributed by atoms with Crippen molar-refractivity contribution < 1.29 is 9.53 Å². The molecule has 3 heteroatoms. The van der Waals surface area contributed by atoms with Crippen molar-refractivity contribution in [2.75, 3.05) is 20.7 Å². The summed E-state index contributed by atoms with van der Waals surface area (Å²) in [7, 11) is 3.77. The van der Waals surface area contributed by atoms with E-state index in [4.69, 9.17) is 4.74 Å². The fraction of sp³-hybridized carbons (Fsp3) is 0.500. The molecule has 0 unspecified atom stereocenters. The maximum absolute atomic E-state index is 11.5. The first-order chi connectivity index (χ1) is 8.19. The number of methoxy groups -OCH3 is 1. The lowest BCUT2D eigenvalue weighted by molar-refractivity contribution is -0.122. The summed E-state index contributed by atoms with van der Waals surface area (Å²) in [6.07, 6.45) is 2.32. The second-order valence-electron chi connectivity index (χ2n) is 4.68. The van der Waals surface area contributed by atoms with E-state index in [0.717, 1.165) is 18.7 Å². The van der Waals surface area contributed by atoms with Crippen molar-refractivity contribution in [2.24, 2.45) is 0 Å². The lowest BCUT2D eigenvalue weighted by Gasteiger charge is -2.31. The molecule has 0 radical (unpaired) electrons. The zero-order valence-electron chi connectivity index (χ0n) is 10.5. The normalized spacial score (nSPS) is 21.5. The van der Waals surface area contributed by atoms with Crippen molar-refractivity contribution >= 4 is 5.78 Å². The predicted molar refractivity (Wildman–Crippen MR) is 67.4 cm³/mol. The molecule has 0 aromatic heterocycles. The maximum Gasteiger partial charge on any atom is 0.135 e. The van der Waals surface area contributed by atoms with Gasteiger partial charge in [0.2, 0.25) is 0 Å². The summed E-state index contributed by atoms with van der Waals surface area (Å²) in [6.45, 7) is 0.889. The van der Waals surface area contributed by atoms with Crippen LogP contribution < -0.4 is 4.74 Å². The summed E-state index contributed by atoms with van der Waals surface area (Å²) in [6, 6.07) is 8.45. The maximum atomic E-state index is 11.5. The Morgan fingerprint density at radius 3 is 2.71 bits per heavy atom. The molecule has 0 N–H and O–H groups in total. The number of carbonyl (C=O) groups excluding carboxylic acids is 1. The van der Waals surface area contributed by atoms with Gasteiger partial charge < -0.3 is 9.64 Å². The number of likely N-dealkylation sites (tertiary alicyclic amines) is 1. The second-order valence-corrected chi connectivity index (χ2v) is 4.68. The van der Waals surface area contributed by atoms with Gasteiger partial charge in [-0.3, -0.25) is 4.79 Å². The van der Waals surface area contributed by atoms with Gasteiger partial charge in [0.1, 0.15) is 11.5 Å². The Morgan fingerprint density at radius 2 is 2.06 bits per heavy atom. The van der Waals surface area contributed by atoms with E-state index in [0.29, 0.717) is 24.7 Å². The van der Waals surface area contributed by atoms with E-state index >= 15 is 0 Å². The van der Waals surface area contributed by atoms with E-state index in [2.05, 4.69) is 24.1 Å². The average molecular weight is 233 g/mol. The van der Waals surface area contributed by atoms with Gasteiger partial charge in [-0.05, 0) is 31.2 Å². The van der Waals surface area contributed by atoms with Crippen LogP contribution in [0.15, 0.2) is 24.3 Å². The average Bonchev–Trinajstić information content (AvgIpc) is 2.35. The van der Waals surface area contributed by atoms with Crippen molar-refractivity contribution in [3.63, 3.8) is 0 Å². The summed E-state index contributed by atoms with van der Waals surface area (Å²) in [5, 5.41) is 0. The van der Waals surface area contributed by atoms with E-state index in [1.165, 1.54) is 5.56 Å². The third kappa shape index (κ3) is 3.07. The van der Waals surface area contributed by atoms with Gasteiger partial charge in [-0.15, -0.1) is 0 Å². The molecule has 1 fully saturated rings. The highest BCUT2D eigenvalue weighted by atomic mass is 16.5. The molecule has 0 aliphatic carbocycles. The second kappa shape index (κ2) is 5.32.